The summed E-state index contributed by atoms with van der Waals surface area (Å²) in [6.45, 7) is 5.21. The van der Waals surface area contributed by atoms with Gasteiger partial charge >= 0.3 is 0 Å². The summed E-state index contributed by atoms with van der Waals surface area (Å²) in [6.07, 6.45) is 2.83. The third kappa shape index (κ3) is 5.67. The van der Waals surface area contributed by atoms with Gasteiger partial charge in [-0.3, -0.25) is 4.79 Å². The topological polar surface area (TPSA) is 92.5 Å². The second-order valence-electron chi connectivity index (χ2n) is 6.84. The highest BCUT2D eigenvalue weighted by Gasteiger charge is 2.33. The zero-order valence-electron chi connectivity index (χ0n) is 15.5. The average Bonchev–Trinajstić information content (AvgIpc) is 2.60. The van der Waals surface area contributed by atoms with Crippen molar-refractivity contribution in [1.29, 1.82) is 0 Å². The number of carbonyl (C=O) groups excluding carboxylic acids is 1. The van der Waals surface area contributed by atoms with E-state index >= 15 is 0 Å². The molecule has 0 radical (unpaired) electrons. The van der Waals surface area contributed by atoms with Crippen molar-refractivity contribution in [3.63, 3.8) is 0 Å². The quantitative estimate of drug-likeness (QED) is 0.730. The van der Waals surface area contributed by atoms with Gasteiger partial charge in [0.15, 0.2) is 0 Å². The summed E-state index contributed by atoms with van der Waals surface area (Å²) in [6, 6.07) is 6.95. The summed E-state index contributed by atoms with van der Waals surface area (Å²) in [4.78, 5) is 12.0. The Kier molecular flexibility index (Phi) is 9.03. The van der Waals surface area contributed by atoms with Crippen LogP contribution in [-0.4, -0.2) is 44.3 Å². The van der Waals surface area contributed by atoms with Gasteiger partial charge in [0.25, 0.3) is 0 Å². The summed E-state index contributed by atoms with van der Waals surface area (Å²) in [5, 5.41) is 2.81. The number of benzene rings is 1. The van der Waals surface area contributed by atoms with Gasteiger partial charge in [0.05, 0.1) is 4.90 Å². The molecule has 0 aromatic heterocycles. The first-order valence-corrected chi connectivity index (χ1v) is 10.4. The highest BCUT2D eigenvalue weighted by atomic mass is 35.5. The molecule has 1 unspecified atom stereocenters. The summed E-state index contributed by atoms with van der Waals surface area (Å²) in [5.41, 5.74) is 6.39. The second-order valence-corrected chi connectivity index (χ2v) is 8.73. The average molecular weight is 404 g/mol. The Morgan fingerprint density at radius 3 is 2.73 bits per heavy atom. The molecule has 1 amide bonds. The normalized spacial score (nSPS) is 18.4. The molecule has 6 nitrogen and oxygen atoms in total. The Morgan fingerprint density at radius 1 is 1.35 bits per heavy atom. The molecule has 0 bridgehead atoms. The summed E-state index contributed by atoms with van der Waals surface area (Å²) in [5.74, 6) is 0.134. The number of halogens is 1. The molecular formula is C18H30ClN3O3S. The van der Waals surface area contributed by atoms with Gasteiger partial charge in [-0.1, -0.05) is 32.4 Å². The Bertz CT molecular complexity index is 695. The number of nitrogens with zero attached hydrogens (tertiary/aromatic N) is 1. The Morgan fingerprint density at radius 2 is 2.08 bits per heavy atom. The van der Waals surface area contributed by atoms with Crippen LogP contribution in [0.25, 0.3) is 0 Å². The van der Waals surface area contributed by atoms with Crippen LogP contribution in [0, 0.1) is 0 Å². The molecule has 0 saturated carbocycles. The van der Waals surface area contributed by atoms with Gasteiger partial charge in [0.2, 0.25) is 15.9 Å². The highest BCUT2D eigenvalue weighted by Crippen LogP contribution is 2.27. The van der Waals surface area contributed by atoms with Crippen LogP contribution in [0.15, 0.2) is 29.2 Å². The first-order valence-electron chi connectivity index (χ1n) is 8.95. The molecule has 1 saturated heterocycles. The minimum absolute atomic E-state index is 0. The lowest BCUT2D eigenvalue weighted by molar-refractivity contribution is -0.121. The molecule has 26 heavy (non-hydrogen) atoms. The van der Waals surface area contributed by atoms with Crippen molar-refractivity contribution in [2.24, 2.45) is 5.73 Å². The molecule has 1 aliphatic rings. The molecule has 1 atom stereocenters. The minimum atomic E-state index is -3.57. The number of nitrogens with one attached hydrogen (secondary N) is 1. The Balaban J connectivity index is 0.00000338. The molecule has 3 N–H and O–H groups in total. The van der Waals surface area contributed by atoms with Crippen molar-refractivity contribution < 1.29 is 13.2 Å². The third-order valence-corrected chi connectivity index (χ3v) is 6.56. The maximum Gasteiger partial charge on any atom is 0.243 e. The van der Waals surface area contributed by atoms with E-state index in [0.717, 1.165) is 24.8 Å². The van der Waals surface area contributed by atoms with E-state index in [1.165, 1.54) is 0 Å². The summed E-state index contributed by atoms with van der Waals surface area (Å²) >= 11 is 0. The lowest BCUT2D eigenvalue weighted by atomic mass is 10.0. The first-order chi connectivity index (χ1) is 11.9. The molecule has 1 aromatic rings. The molecule has 148 valence electrons. The fourth-order valence-electron chi connectivity index (χ4n) is 3.12. The Hall–Kier alpha value is -1.15. The fourth-order valence-corrected chi connectivity index (χ4v) is 4.86. The number of piperidine rings is 1. The molecule has 1 aliphatic heterocycles. The summed E-state index contributed by atoms with van der Waals surface area (Å²) < 4.78 is 27.8. The number of sulfonamides is 1. The molecule has 0 spiro atoms. The van der Waals surface area contributed by atoms with E-state index in [2.05, 4.69) is 5.32 Å². The van der Waals surface area contributed by atoms with Crippen molar-refractivity contribution >= 4 is 28.3 Å². The lowest BCUT2D eigenvalue weighted by Crippen LogP contribution is -2.49. The van der Waals surface area contributed by atoms with Crippen LogP contribution < -0.4 is 11.1 Å². The van der Waals surface area contributed by atoms with Crippen LogP contribution in [0.3, 0.4) is 0 Å². The number of carbonyl (C=O) groups is 1. The second kappa shape index (κ2) is 10.3. The molecule has 1 heterocycles. The van der Waals surface area contributed by atoms with Crippen molar-refractivity contribution in [3.8, 4) is 0 Å². The van der Waals surface area contributed by atoms with Gasteiger partial charge < -0.3 is 11.1 Å². The standard InChI is InChI=1S/C18H29N3O3S.ClH/c1-14(2)15-6-5-8-17(12-15)25(23,24)21-11-4-3-7-16(21)13-20-18(22)9-10-19;/h5-6,8,12,14,16H,3-4,7,9-11,13,19H2,1-2H3,(H,20,22);1H. The van der Waals surface area contributed by atoms with E-state index in [4.69, 9.17) is 5.73 Å². The van der Waals surface area contributed by atoms with E-state index in [-0.39, 0.29) is 36.7 Å². The monoisotopic (exact) mass is 403 g/mol. The largest absolute Gasteiger partial charge is 0.354 e. The number of amides is 1. The van der Waals surface area contributed by atoms with Crippen molar-refractivity contribution in [3.05, 3.63) is 29.8 Å². The number of nitrogens with two attached hydrogens (primary N) is 1. The van der Waals surface area contributed by atoms with Gasteiger partial charge in [0.1, 0.15) is 0 Å². The van der Waals surface area contributed by atoms with Gasteiger partial charge in [-0.15, -0.1) is 12.4 Å². The van der Waals surface area contributed by atoms with Crippen LogP contribution in [0.2, 0.25) is 0 Å². The highest BCUT2D eigenvalue weighted by molar-refractivity contribution is 7.89. The molecule has 0 aliphatic carbocycles. The smallest absolute Gasteiger partial charge is 0.243 e. The van der Waals surface area contributed by atoms with Gasteiger partial charge in [0, 0.05) is 32.1 Å². The van der Waals surface area contributed by atoms with E-state index in [9.17, 15) is 13.2 Å². The van der Waals surface area contributed by atoms with Crippen LogP contribution in [-0.2, 0) is 14.8 Å². The Labute approximate surface area is 163 Å². The number of hydrogen-bond donors (Lipinski definition) is 2. The molecule has 1 fully saturated rings. The number of rotatable bonds is 7. The van der Waals surface area contributed by atoms with Crippen molar-refractivity contribution in [1.82, 2.24) is 9.62 Å². The van der Waals surface area contributed by atoms with Gasteiger partial charge in [-0.05, 0) is 36.5 Å². The van der Waals surface area contributed by atoms with Crippen molar-refractivity contribution in [2.75, 3.05) is 19.6 Å². The third-order valence-electron chi connectivity index (χ3n) is 4.61. The van der Waals surface area contributed by atoms with Crippen LogP contribution in [0.4, 0.5) is 0 Å². The maximum atomic E-state index is 13.1. The van der Waals surface area contributed by atoms with Crippen molar-refractivity contribution in [2.45, 2.75) is 56.4 Å². The zero-order valence-corrected chi connectivity index (χ0v) is 17.1. The fraction of sp³-hybridized carbons (Fsp3) is 0.611. The predicted molar refractivity (Wildman–Crippen MR) is 106 cm³/mol. The number of hydrogen-bond acceptors (Lipinski definition) is 4. The summed E-state index contributed by atoms with van der Waals surface area (Å²) in [7, 11) is -3.57. The molecule has 2 rings (SSSR count). The zero-order chi connectivity index (χ0) is 18.4. The SMILES string of the molecule is CC(C)c1cccc(S(=O)(=O)N2CCCCC2CNC(=O)CCN)c1.Cl. The maximum absolute atomic E-state index is 13.1. The van der Waals surface area contributed by atoms with E-state index in [1.54, 1.807) is 22.5 Å². The lowest BCUT2D eigenvalue weighted by Gasteiger charge is -2.35. The van der Waals surface area contributed by atoms with Crippen LogP contribution >= 0.6 is 12.4 Å². The van der Waals surface area contributed by atoms with E-state index in [1.807, 2.05) is 19.9 Å². The van der Waals surface area contributed by atoms with E-state index < -0.39 is 10.0 Å². The molecular weight excluding hydrogens is 374 g/mol. The van der Waals surface area contributed by atoms with Crippen LogP contribution in [0.1, 0.15) is 51.0 Å². The van der Waals surface area contributed by atoms with E-state index in [0.29, 0.717) is 24.5 Å². The molecule has 8 heteroatoms. The van der Waals surface area contributed by atoms with Gasteiger partial charge in [-0.25, -0.2) is 8.42 Å². The predicted octanol–water partition coefficient (Wildman–Crippen LogP) is 2.24. The van der Waals surface area contributed by atoms with Gasteiger partial charge in [-0.2, -0.15) is 4.31 Å². The first kappa shape index (κ1) is 22.9. The van der Waals surface area contributed by atoms with Crippen LogP contribution in [0.5, 0.6) is 0 Å². The minimum Gasteiger partial charge on any atom is -0.354 e. The molecule has 1 aromatic carbocycles.